The van der Waals surface area contributed by atoms with Crippen LogP contribution in [0.25, 0.3) is 10.9 Å². The number of rotatable bonds is 9. The molecule has 0 fully saturated rings. The molecule has 0 aliphatic heterocycles. The van der Waals surface area contributed by atoms with Crippen LogP contribution in [0.3, 0.4) is 0 Å². The molecule has 0 aliphatic carbocycles. The quantitative estimate of drug-likeness (QED) is 0.296. The number of ether oxygens (including phenoxy) is 2. The topological polar surface area (TPSA) is 72.8 Å². The summed E-state index contributed by atoms with van der Waals surface area (Å²) in [5.41, 5.74) is 3.72. The normalized spacial score (nSPS) is 11.7. The van der Waals surface area contributed by atoms with E-state index in [4.69, 9.17) is 9.47 Å². The Morgan fingerprint density at radius 1 is 0.973 bits per heavy atom. The lowest BCUT2D eigenvalue weighted by Gasteiger charge is -2.21. The molecular weight excluding hydrogens is 466 g/mol. The van der Waals surface area contributed by atoms with Crippen molar-refractivity contribution in [3.63, 3.8) is 0 Å². The molecule has 0 spiro atoms. The largest absolute Gasteiger partial charge is 0.481 e. The van der Waals surface area contributed by atoms with E-state index in [2.05, 4.69) is 35.0 Å². The van der Waals surface area contributed by atoms with Crippen LogP contribution in [0.5, 0.6) is 11.5 Å². The Bertz CT molecular complexity index is 1380. The fourth-order valence-corrected chi connectivity index (χ4v) is 4.23. The average molecular weight is 500 g/mol. The Kier molecular flexibility index (Phi) is 8.13. The highest BCUT2D eigenvalue weighted by Gasteiger charge is 2.22. The first kappa shape index (κ1) is 25.8. The van der Waals surface area contributed by atoms with Gasteiger partial charge in [0.1, 0.15) is 5.75 Å². The summed E-state index contributed by atoms with van der Waals surface area (Å²) in [6.07, 6.45) is 0.744. The fourth-order valence-electron chi connectivity index (χ4n) is 4.23. The molecule has 0 radical (unpaired) electrons. The first-order valence-electron chi connectivity index (χ1n) is 12.6. The molecule has 1 aromatic heterocycles. The van der Waals surface area contributed by atoms with Crippen molar-refractivity contribution in [3.05, 3.63) is 90.1 Å². The third-order valence-electron chi connectivity index (χ3n) is 6.24. The van der Waals surface area contributed by atoms with E-state index >= 15 is 0 Å². The molecule has 0 unspecified atom stereocenters. The maximum atomic E-state index is 13.2. The van der Waals surface area contributed by atoms with E-state index in [1.54, 1.807) is 30.0 Å². The fraction of sp³-hybridized carbons (Fsp3) is 0.267. The Hall–Kier alpha value is -4.26. The summed E-state index contributed by atoms with van der Waals surface area (Å²) >= 11 is 0. The van der Waals surface area contributed by atoms with Crippen molar-refractivity contribution in [2.24, 2.45) is 0 Å². The number of anilines is 1. The number of aryl methyl sites for hydroxylation is 1. The molecule has 0 saturated carbocycles. The Morgan fingerprint density at radius 3 is 2.43 bits per heavy atom. The van der Waals surface area contributed by atoms with E-state index in [0.29, 0.717) is 31.1 Å². The lowest BCUT2D eigenvalue weighted by Crippen LogP contribution is -2.34. The van der Waals surface area contributed by atoms with E-state index in [1.165, 1.54) is 11.1 Å². The SMILES string of the molecule is CCN(CC)C(=O)Oc1ccc2c(ccn2Cc2cccc(C)c2)c1NC(=O)[C@H](C)Oc1ccccc1. The van der Waals surface area contributed by atoms with Crippen molar-refractivity contribution < 1.29 is 19.1 Å². The number of nitrogens with one attached hydrogen (secondary N) is 1. The van der Waals surface area contributed by atoms with E-state index in [9.17, 15) is 9.59 Å². The molecule has 0 bridgehead atoms. The van der Waals surface area contributed by atoms with Crippen LogP contribution < -0.4 is 14.8 Å². The number of carbonyl (C=O) groups is 2. The van der Waals surface area contributed by atoms with E-state index < -0.39 is 12.2 Å². The van der Waals surface area contributed by atoms with Crippen LogP contribution in [0.4, 0.5) is 10.5 Å². The predicted octanol–water partition coefficient (Wildman–Crippen LogP) is 6.24. The molecule has 7 nitrogen and oxygen atoms in total. The van der Waals surface area contributed by atoms with Crippen molar-refractivity contribution in [3.8, 4) is 11.5 Å². The van der Waals surface area contributed by atoms with E-state index in [-0.39, 0.29) is 11.7 Å². The Balaban J connectivity index is 1.67. The van der Waals surface area contributed by atoms with Gasteiger partial charge in [-0.05, 0) is 63.6 Å². The summed E-state index contributed by atoms with van der Waals surface area (Å²) in [4.78, 5) is 27.5. The highest BCUT2D eigenvalue weighted by molar-refractivity contribution is 6.06. The van der Waals surface area contributed by atoms with Gasteiger partial charge < -0.3 is 24.3 Å². The van der Waals surface area contributed by atoms with Gasteiger partial charge in [0.25, 0.3) is 5.91 Å². The van der Waals surface area contributed by atoms with Crippen LogP contribution >= 0.6 is 0 Å². The highest BCUT2D eigenvalue weighted by atomic mass is 16.6. The molecule has 0 aliphatic rings. The third-order valence-corrected chi connectivity index (χ3v) is 6.24. The van der Waals surface area contributed by atoms with Gasteiger partial charge in [-0.25, -0.2) is 4.79 Å². The maximum absolute atomic E-state index is 13.2. The molecular formula is C30H33N3O4. The van der Waals surface area contributed by atoms with Gasteiger partial charge in [-0.15, -0.1) is 0 Å². The first-order valence-corrected chi connectivity index (χ1v) is 12.6. The summed E-state index contributed by atoms with van der Waals surface area (Å²) in [7, 11) is 0. The minimum atomic E-state index is -0.765. The number of hydrogen-bond donors (Lipinski definition) is 1. The molecule has 1 heterocycles. The molecule has 4 rings (SSSR count). The number of benzene rings is 3. The maximum Gasteiger partial charge on any atom is 0.415 e. The lowest BCUT2D eigenvalue weighted by atomic mass is 10.1. The third kappa shape index (κ3) is 6.12. The van der Waals surface area contributed by atoms with Crippen molar-refractivity contribution in [2.75, 3.05) is 18.4 Å². The second kappa shape index (κ2) is 11.6. The zero-order valence-electron chi connectivity index (χ0n) is 21.7. The highest BCUT2D eigenvalue weighted by Crippen LogP contribution is 2.35. The molecule has 4 aromatic rings. The molecule has 2 amide bonds. The lowest BCUT2D eigenvalue weighted by molar-refractivity contribution is -0.122. The number of aromatic nitrogens is 1. The predicted molar refractivity (Wildman–Crippen MR) is 146 cm³/mol. The van der Waals surface area contributed by atoms with Crippen molar-refractivity contribution in [1.29, 1.82) is 0 Å². The van der Waals surface area contributed by atoms with Crippen LogP contribution in [0.2, 0.25) is 0 Å². The van der Waals surface area contributed by atoms with E-state index in [0.717, 1.165) is 10.9 Å². The van der Waals surface area contributed by atoms with Gasteiger partial charge >= 0.3 is 6.09 Å². The zero-order valence-corrected chi connectivity index (χ0v) is 21.7. The molecule has 3 aromatic carbocycles. The summed E-state index contributed by atoms with van der Waals surface area (Å²) in [5, 5.41) is 3.74. The molecule has 37 heavy (non-hydrogen) atoms. The Labute approximate surface area is 217 Å². The number of nitrogens with zero attached hydrogens (tertiary/aromatic N) is 2. The van der Waals surface area contributed by atoms with Gasteiger partial charge in [-0.3, -0.25) is 4.79 Å². The molecule has 1 atom stereocenters. The minimum Gasteiger partial charge on any atom is -0.481 e. The minimum absolute atomic E-state index is 0.290. The Morgan fingerprint density at radius 2 is 1.73 bits per heavy atom. The van der Waals surface area contributed by atoms with E-state index in [1.807, 2.05) is 56.4 Å². The first-order chi connectivity index (χ1) is 17.9. The smallest absolute Gasteiger partial charge is 0.415 e. The summed E-state index contributed by atoms with van der Waals surface area (Å²) < 4.78 is 13.7. The monoisotopic (exact) mass is 499 g/mol. The van der Waals surface area contributed by atoms with Crippen LogP contribution in [0.15, 0.2) is 79.0 Å². The summed E-state index contributed by atoms with van der Waals surface area (Å²) in [6.45, 7) is 9.26. The van der Waals surface area contributed by atoms with Crippen molar-refractivity contribution in [1.82, 2.24) is 9.47 Å². The van der Waals surface area contributed by atoms with Gasteiger partial charge in [-0.2, -0.15) is 0 Å². The number of para-hydroxylation sites is 1. The standard InChI is InChI=1S/C30H33N3O4/c1-5-32(6-2)30(35)37-27-16-15-26-25(17-18-33(26)20-23-12-10-11-21(3)19-23)28(27)31-29(34)22(4)36-24-13-8-7-9-14-24/h7-19,22H,5-6,20H2,1-4H3,(H,31,34)/t22-/m0/s1. The second-order valence-corrected chi connectivity index (χ2v) is 8.91. The van der Waals surface area contributed by atoms with Crippen molar-refractivity contribution in [2.45, 2.75) is 40.3 Å². The van der Waals surface area contributed by atoms with Crippen LogP contribution in [-0.4, -0.2) is 40.7 Å². The molecule has 1 N–H and O–H groups in total. The average Bonchev–Trinajstić information content (AvgIpc) is 3.29. The summed E-state index contributed by atoms with van der Waals surface area (Å²) in [6, 6.07) is 23.1. The van der Waals surface area contributed by atoms with Crippen LogP contribution in [-0.2, 0) is 11.3 Å². The number of fused-ring (bicyclic) bond motifs is 1. The van der Waals surface area contributed by atoms with Gasteiger partial charge in [-0.1, -0.05) is 48.0 Å². The number of hydrogen-bond acceptors (Lipinski definition) is 4. The van der Waals surface area contributed by atoms with Crippen LogP contribution in [0.1, 0.15) is 31.9 Å². The molecule has 192 valence electrons. The van der Waals surface area contributed by atoms with Gasteiger partial charge in [0.2, 0.25) is 0 Å². The zero-order chi connectivity index (χ0) is 26.4. The number of amides is 2. The van der Waals surface area contributed by atoms with Crippen LogP contribution in [0, 0.1) is 6.92 Å². The molecule has 0 saturated heterocycles. The van der Waals surface area contributed by atoms with Gasteiger partial charge in [0.05, 0.1) is 11.2 Å². The van der Waals surface area contributed by atoms with Gasteiger partial charge in [0.15, 0.2) is 11.9 Å². The van der Waals surface area contributed by atoms with Crippen molar-refractivity contribution >= 4 is 28.6 Å². The second-order valence-electron chi connectivity index (χ2n) is 8.91. The number of carbonyl (C=O) groups excluding carboxylic acids is 2. The molecule has 7 heteroatoms. The van der Waals surface area contributed by atoms with Gasteiger partial charge in [0, 0.05) is 31.2 Å². The summed E-state index contributed by atoms with van der Waals surface area (Å²) in [5.74, 6) is 0.543.